The first kappa shape index (κ1) is 16.0. The second kappa shape index (κ2) is 6.58. The van der Waals surface area contributed by atoms with Gasteiger partial charge in [-0.25, -0.2) is 0 Å². The molecule has 0 spiro atoms. The van der Waals surface area contributed by atoms with E-state index in [1.807, 2.05) is 18.2 Å². The molecule has 2 aromatic rings. The standard InChI is InChI=1S/C16H15ClN2O3/c1-11(20)13-6-7-15(16(9-13)19(21)22)18(2)10-12-4-3-5-14(17)8-12/h3-9H,10H2,1-2H3. The molecular weight excluding hydrogens is 304 g/mol. The van der Waals surface area contributed by atoms with Gasteiger partial charge in [0.1, 0.15) is 5.69 Å². The van der Waals surface area contributed by atoms with Crippen LogP contribution < -0.4 is 4.90 Å². The van der Waals surface area contributed by atoms with Crippen molar-refractivity contribution in [2.24, 2.45) is 0 Å². The lowest BCUT2D eigenvalue weighted by Gasteiger charge is -2.19. The average molecular weight is 319 g/mol. The zero-order chi connectivity index (χ0) is 16.3. The molecule has 0 aliphatic carbocycles. The van der Waals surface area contributed by atoms with Gasteiger partial charge in [-0.1, -0.05) is 23.7 Å². The maximum atomic E-state index is 11.4. The van der Waals surface area contributed by atoms with E-state index in [1.165, 1.54) is 13.0 Å². The molecule has 5 nitrogen and oxygen atoms in total. The number of anilines is 1. The van der Waals surface area contributed by atoms with Gasteiger partial charge in [0.2, 0.25) is 0 Å². The topological polar surface area (TPSA) is 63.5 Å². The Morgan fingerprint density at radius 3 is 2.59 bits per heavy atom. The Balaban J connectivity index is 2.34. The Morgan fingerprint density at radius 1 is 1.27 bits per heavy atom. The van der Waals surface area contributed by atoms with E-state index in [1.54, 1.807) is 30.1 Å². The Hall–Kier alpha value is -2.40. The molecule has 6 heteroatoms. The highest BCUT2D eigenvalue weighted by Crippen LogP contribution is 2.30. The third-order valence-electron chi connectivity index (χ3n) is 3.30. The zero-order valence-corrected chi connectivity index (χ0v) is 13.0. The van der Waals surface area contributed by atoms with Gasteiger partial charge in [0, 0.05) is 30.2 Å². The fourth-order valence-corrected chi connectivity index (χ4v) is 2.42. The van der Waals surface area contributed by atoms with Gasteiger partial charge in [-0.3, -0.25) is 14.9 Å². The summed E-state index contributed by atoms with van der Waals surface area (Å²) in [6.45, 7) is 1.86. The average Bonchev–Trinajstić information content (AvgIpc) is 2.46. The Kier molecular flexibility index (Phi) is 4.78. The van der Waals surface area contributed by atoms with Crippen molar-refractivity contribution in [2.45, 2.75) is 13.5 Å². The predicted molar refractivity (Wildman–Crippen MR) is 86.7 cm³/mol. The maximum absolute atomic E-state index is 11.4. The first-order valence-electron chi connectivity index (χ1n) is 6.63. The quantitative estimate of drug-likeness (QED) is 0.473. The van der Waals surface area contributed by atoms with Crippen LogP contribution in [0.2, 0.25) is 5.02 Å². The second-order valence-electron chi connectivity index (χ2n) is 5.00. The first-order chi connectivity index (χ1) is 10.4. The van der Waals surface area contributed by atoms with Crippen molar-refractivity contribution in [1.82, 2.24) is 0 Å². The van der Waals surface area contributed by atoms with Gasteiger partial charge in [0.05, 0.1) is 4.92 Å². The monoisotopic (exact) mass is 318 g/mol. The minimum absolute atomic E-state index is 0.0859. The molecule has 0 saturated carbocycles. The summed E-state index contributed by atoms with van der Waals surface area (Å²) in [5, 5.41) is 11.9. The summed E-state index contributed by atoms with van der Waals surface area (Å²) in [6.07, 6.45) is 0. The van der Waals surface area contributed by atoms with E-state index in [4.69, 9.17) is 11.6 Å². The van der Waals surface area contributed by atoms with Crippen molar-refractivity contribution < 1.29 is 9.72 Å². The fourth-order valence-electron chi connectivity index (χ4n) is 2.21. The lowest BCUT2D eigenvalue weighted by Crippen LogP contribution is -2.18. The number of hydrogen-bond donors (Lipinski definition) is 0. The van der Waals surface area contributed by atoms with Crippen LogP contribution in [-0.2, 0) is 6.54 Å². The molecule has 0 aliphatic heterocycles. The third-order valence-corrected chi connectivity index (χ3v) is 3.53. The zero-order valence-electron chi connectivity index (χ0n) is 12.2. The van der Waals surface area contributed by atoms with Crippen LogP contribution in [0.1, 0.15) is 22.8 Å². The van der Waals surface area contributed by atoms with Crippen LogP contribution >= 0.6 is 11.6 Å². The number of Topliss-reactive ketones (excluding diaryl/α,β-unsaturated/α-hetero) is 1. The number of nitrogens with zero attached hydrogens (tertiary/aromatic N) is 2. The highest BCUT2D eigenvalue weighted by molar-refractivity contribution is 6.30. The molecular formula is C16H15ClN2O3. The van der Waals surface area contributed by atoms with Crippen molar-refractivity contribution in [2.75, 3.05) is 11.9 Å². The Bertz CT molecular complexity index is 731. The molecule has 114 valence electrons. The van der Waals surface area contributed by atoms with E-state index < -0.39 is 4.92 Å². The maximum Gasteiger partial charge on any atom is 0.293 e. The van der Waals surface area contributed by atoms with E-state index >= 15 is 0 Å². The van der Waals surface area contributed by atoms with E-state index in [0.717, 1.165) is 5.56 Å². The minimum Gasteiger partial charge on any atom is -0.365 e. The van der Waals surface area contributed by atoms with Crippen LogP contribution in [0.5, 0.6) is 0 Å². The first-order valence-corrected chi connectivity index (χ1v) is 7.01. The third kappa shape index (κ3) is 3.62. The fraction of sp³-hybridized carbons (Fsp3) is 0.188. The molecule has 0 atom stereocenters. The van der Waals surface area contributed by atoms with E-state index in [-0.39, 0.29) is 11.5 Å². The van der Waals surface area contributed by atoms with Crippen molar-refractivity contribution >= 4 is 28.8 Å². The highest BCUT2D eigenvalue weighted by Gasteiger charge is 2.19. The van der Waals surface area contributed by atoms with Gasteiger partial charge in [-0.05, 0) is 36.8 Å². The number of benzene rings is 2. The number of halogens is 1. The SMILES string of the molecule is CC(=O)c1ccc(N(C)Cc2cccc(Cl)c2)c([N+](=O)[O-])c1. The molecule has 0 N–H and O–H groups in total. The smallest absolute Gasteiger partial charge is 0.293 e. The van der Waals surface area contributed by atoms with Crippen LogP contribution in [0, 0.1) is 10.1 Å². The van der Waals surface area contributed by atoms with Gasteiger partial charge in [0.15, 0.2) is 5.78 Å². The van der Waals surface area contributed by atoms with Gasteiger partial charge in [-0.15, -0.1) is 0 Å². The second-order valence-corrected chi connectivity index (χ2v) is 5.44. The molecule has 0 fully saturated rings. The number of rotatable bonds is 5. The Labute approximate surface area is 133 Å². The van der Waals surface area contributed by atoms with Crippen molar-refractivity contribution in [3.63, 3.8) is 0 Å². The molecule has 0 bridgehead atoms. The van der Waals surface area contributed by atoms with Crippen LogP contribution in [0.3, 0.4) is 0 Å². The van der Waals surface area contributed by atoms with Crippen LogP contribution in [0.4, 0.5) is 11.4 Å². The van der Waals surface area contributed by atoms with E-state index in [0.29, 0.717) is 22.8 Å². The van der Waals surface area contributed by atoms with Gasteiger partial charge < -0.3 is 4.90 Å². The lowest BCUT2D eigenvalue weighted by molar-refractivity contribution is -0.384. The van der Waals surface area contributed by atoms with Gasteiger partial charge in [-0.2, -0.15) is 0 Å². The summed E-state index contributed by atoms with van der Waals surface area (Å²) in [4.78, 5) is 23.9. The van der Waals surface area contributed by atoms with Crippen LogP contribution in [0.25, 0.3) is 0 Å². The summed E-state index contributed by atoms with van der Waals surface area (Å²) in [5.41, 5.74) is 1.64. The highest BCUT2D eigenvalue weighted by atomic mass is 35.5. The van der Waals surface area contributed by atoms with Crippen molar-refractivity contribution in [1.29, 1.82) is 0 Å². The largest absolute Gasteiger partial charge is 0.365 e. The summed E-state index contributed by atoms with van der Waals surface area (Å²) in [5.74, 6) is -0.202. The van der Waals surface area contributed by atoms with E-state index in [9.17, 15) is 14.9 Å². The number of ketones is 1. The number of carbonyl (C=O) groups excluding carboxylic acids is 1. The molecule has 0 amide bonds. The molecule has 0 heterocycles. The molecule has 0 saturated heterocycles. The summed E-state index contributed by atoms with van der Waals surface area (Å²) >= 11 is 5.95. The molecule has 0 radical (unpaired) electrons. The lowest BCUT2D eigenvalue weighted by atomic mass is 10.1. The van der Waals surface area contributed by atoms with Crippen LogP contribution in [-0.4, -0.2) is 17.8 Å². The number of carbonyl (C=O) groups is 1. The molecule has 2 aromatic carbocycles. The summed E-state index contributed by atoms with van der Waals surface area (Å²) < 4.78 is 0. The number of nitro groups is 1. The molecule has 22 heavy (non-hydrogen) atoms. The minimum atomic E-state index is -0.476. The number of nitro benzene ring substituents is 1. The van der Waals surface area contributed by atoms with E-state index in [2.05, 4.69) is 0 Å². The number of hydrogen-bond acceptors (Lipinski definition) is 4. The van der Waals surface area contributed by atoms with Crippen molar-refractivity contribution in [3.05, 3.63) is 68.7 Å². The molecule has 0 aromatic heterocycles. The van der Waals surface area contributed by atoms with Gasteiger partial charge >= 0.3 is 0 Å². The molecule has 0 aliphatic rings. The summed E-state index contributed by atoms with van der Waals surface area (Å²) in [7, 11) is 1.76. The molecule has 2 rings (SSSR count). The van der Waals surface area contributed by atoms with Crippen molar-refractivity contribution in [3.8, 4) is 0 Å². The Morgan fingerprint density at radius 2 is 2.00 bits per heavy atom. The van der Waals surface area contributed by atoms with Gasteiger partial charge in [0.25, 0.3) is 5.69 Å². The van der Waals surface area contributed by atoms with Crippen LogP contribution in [0.15, 0.2) is 42.5 Å². The normalized spacial score (nSPS) is 10.3. The predicted octanol–water partition coefficient (Wildman–Crippen LogP) is 4.09. The molecule has 0 unspecified atom stereocenters. The summed E-state index contributed by atoms with van der Waals surface area (Å²) in [6, 6.07) is 11.8.